The number of ether oxygens (including phenoxy) is 3. The van der Waals surface area contributed by atoms with Crippen molar-refractivity contribution in [2.24, 2.45) is 0 Å². The van der Waals surface area contributed by atoms with E-state index in [1.165, 1.54) is 6.08 Å². The molecule has 0 aliphatic rings. The minimum Gasteiger partial charge on any atom is -0.497 e. The summed E-state index contributed by atoms with van der Waals surface area (Å²) in [4.78, 5) is 12.4. The van der Waals surface area contributed by atoms with Gasteiger partial charge in [-0.3, -0.25) is 4.79 Å². The third-order valence-corrected chi connectivity index (χ3v) is 4.99. The maximum atomic E-state index is 12.4. The van der Waals surface area contributed by atoms with Gasteiger partial charge in [-0.2, -0.15) is 0 Å². The number of halogens is 2. The van der Waals surface area contributed by atoms with E-state index in [0.717, 1.165) is 11.1 Å². The van der Waals surface area contributed by atoms with Crippen LogP contribution in [0, 0.1) is 0 Å². The van der Waals surface area contributed by atoms with E-state index in [1.807, 2.05) is 18.2 Å². The zero-order valence-electron chi connectivity index (χ0n) is 16.5. The Labute approximate surface area is 185 Å². The van der Waals surface area contributed by atoms with Crippen LogP contribution in [0.2, 0.25) is 10.0 Å². The van der Waals surface area contributed by atoms with E-state index in [0.29, 0.717) is 32.9 Å². The molecule has 0 N–H and O–H groups in total. The van der Waals surface area contributed by atoms with Crippen molar-refractivity contribution >= 4 is 35.1 Å². The highest BCUT2D eigenvalue weighted by atomic mass is 35.5. The monoisotopic (exact) mass is 442 g/mol. The van der Waals surface area contributed by atoms with Crippen molar-refractivity contribution in [1.29, 1.82) is 0 Å². The molecule has 0 aromatic heterocycles. The standard InChI is InChI=1S/C24H20Cl2O4/c1-28-19-10-8-17(9-11-19)22(27)12-6-16-7-13-23(29-2)18(14-16)15-30-24-20(25)4-3-5-21(24)26/h3-14H,15H2,1-2H3/b12-6+. The van der Waals surface area contributed by atoms with Crippen LogP contribution in [0.3, 0.4) is 0 Å². The first-order chi connectivity index (χ1) is 14.5. The lowest BCUT2D eigenvalue weighted by Crippen LogP contribution is -2.00. The van der Waals surface area contributed by atoms with E-state index in [2.05, 4.69) is 0 Å². The fraction of sp³-hybridized carbons (Fsp3) is 0.125. The molecule has 0 aliphatic heterocycles. The quantitative estimate of drug-likeness (QED) is 0.295. The van der Waals surface area contributed by atoms with Crippen molar-refractivity contribution < 1.29 is 19.0 Å². The molecule has 3 aromatic rings. The van der Waals surface area contributed by atoms with Crippen LogP contribution in [0.4, 0.5) is 0 Å². The van der Waals surface area contributed by atoms with Gasteiger partial charge in [0.1, 0.15) is 18.1 Å². The normalized spacial score (nSPS) is 10.8. The Morgan fingerprint density at radius 1 is 0.933 bits per heavy atom. The first-order valence-corrected chi connectivity index (χ1v) is 9.87. The average molecular weight is 443 g/mol. The summed E-state index contributed by atoms with van der Waals surface area (Å²) in [6.07, 6.45) is 3.27. The van der Waals surface area contributed by atoms with Crippen molar-refractivity contribution in [3.8, 4) is 17.2 Å². The summed E-state index contributed by atoms with van der Waals surface area (Å²) in [5.74, 6) is 1.68. The molecule has 3 rings (SSSR count). The largest absolute Gasteiger partial charge is 0.497 e. The molecule has 0 amide bonds. The SMILES string of the molecule is COc1ccc(C(=O)/C=C/c2ccc(OC)c(COc3c(Cl)cccc3Cl)c2)cc1. The molecular weight excluding hydrogens is 423 g/mol. The summed E-state index contributed by atoms with van der Waals surface area (Å²) in [6, 6.07) is 17.7. The Morgan fingerprint density at radius 3 is 2.27 bits per heavy atom. The number of methoxy groups -OCH3 is 2. The Hall–Kier alpha value is -2.95. The molecule has 0 unspecified atom stereocenters. The molecule has 30 heavy (non-hydrogen) atoms. The van der Waals surface area contributed by atoms with E-state index in [1.54, 1.807) is 62.8 Å². The molecule has 0 fully saturated rings. The second-order valence-corrected chi connectivity index (χ2v) is 7.15. The first-order valence-electron chi connectivity index (χ1n) is 9.12. The molecule has 0 radical (unpaired) electrons. The molecule has 0 aliphatic carbocycles. The van der Waals surface area contributed by atoms with E-state index in [-0.39, 0.29) is 12.4 Å². The predicted octanol–water partition coefficient (Wildman–Crippen LogP) is 6.49. The van der Waals surface area contributed by atoms with Gasteiger partial charge in [0.25, 0.3) is 0 Å². The lowest BCUT2D eigenvalue weighted by molar-refractivity contribution is 0.104. The predicted molar refractivity (Wildman–Crippen MR) is 120 cm³/mol. The number of ketones is 1. The lowest BCUT2D eigenvalue weighted by atomic mass is 10.1. The fourth-order valence-electron chi connectivity index (χ4n) is 2.81. The van der Waals surface area contributed by atoms with E-state index < -0.39 is 0 Å². The highest BCUT2D eigenvalue weighted by Crippen LogP contribution is 2.33. The van der Waals surface area contributed by atoms with Crippen molar-refractivity contribution in [3.63, 3.8) is 0 Å². The smallest absolute Gasteiger partial charge is 0.185 e. The van der Waals surface area contributed by atoms with Gasteiger partial charge in [-0.1, -0.05) is 41.4 Å². The Morgan fingerprint density at radius 2 is 1.63 bits per heavy atom. The molecule has 3 aromatic carbocycles. The number of allylic oxidation sites excluding steroid dienone is 1. The topological polar surface area (TPSA) is 44.8 Å². The number of carbonyl (C=O) groups is 1. The van der Waals surface area contributed by atoms with Crippen LogP contribution in [0.1, 0.15) is 21.5 Å². The molecule has 0 spiro atoms. The van der Waals surface area contributed by atoms with Crippen LogP contribution in [-0.4, -0.2) is 20.0 Å². The van der Waals surface area contributed by atoms with Crippen molar-refractivity contribution in [1.82, 2.24) is 0 Å². The van der Waals surface area contributed by atoms with Gasteiger partial charge in [0.15, 0.2) is 11.5 Å². The molecule has 0 atom stereocenters. The molecule has 0 heterocycles. The molecule has 6 heteroatoms. The molecular formula is C24H20Cl2O4. The third-order valence-electron chi connectivity index (χ3n) is 4.40. The van der Waals surface area contributed by atoms with Gasteiger partial charge in [0.2, 0.25) is 0 Å². The van der Waals surface area contributed by atoms with Gasteiger partial charge in [-0.05, 0) is 60.2 Å². The van der Waals surface area contributed by atoms with Gasteiger partial charge < -0.3 is 14.2 Å². The third kappa shape index (κ3) is 5.35. The molecule has 0 bridgehead atoms. The van der Waals surface area contributed by atoms with Crippen molar-refractivity contribution in [2.45, 2.75) is 6.61 Å². The Bertz CT molecular complexity index is 1040. The molecule has 0 saturated heterocycles. The summed E-state index contributed by atoms with van der Waals surface area (Å²) < 4.78 is 16.4. The van der Waals surface area contributed by atoms with E-state index in [9.17, 15) is 4.79 Å². The number of rotatable bonds is 8. The maximum absolute atomic E-state index is 12.4. The Kier molecular flexibility index (Phi) is 7.39. The molecule has 154 valence electrons. The molecule has 4 nitrogen and oxygen atoms in total. The van der Waals surface area contributed by atoms with E-state index >= 15 is 0 Å². The van der Waals surface area contributed by atoms with Crippen molar-refractivity contribution in [3.05, 3.63) is 93.5 Å². The van der Waals surface area contributed by atoms with Gasteiger partial charge in [-0.25, -0.2) is 0 Å². The number of para-hydroxylation sites is 1. The van der Waals surface area contributed by atoms with Gasteiger partial charge >= 0.3 is 0 Å². The first kappa shape index (κ1) is 21.8. The van der Waals surface area contributed by atoms with Crippen LogP contribution in [0.5, 0.6) is 17.2 Å². The highest BCUT2D eigenvalue weighted by molar-refractivity contribution is 6.37. The second kappa shape index (κ2) is 10.2. The number of hydrogen-bond acceptors (Lipinski definition) is 4. The summed E-state index contributed by atoms with van der Waals surface area (Å²) in [7, 11) is 3.17. The lowest BCUT2D eigenvalue weighted by Gasteiger charge is -2.13. The summed E-state index contributed by atoms with van der Waals surface area (Å²) >= 11 is 12.3. The number of hydrogen-bond donors (Lipinski definition) is 0. The summed E-state index contributed by atoms with van der Waals surface area (Å²) in [5.41, 5.74) is 2.21. The van der Waals surface area contributed by atoms with Crippen LogP contribution in [-0.2, 0) is 6.61 Å². The fourth-order valence-corrected chi connectivity index (χ4v) is 3.32. The molecule has 0 saturated carbocycles. The minimum atomic E-state index is -0.103. The van der Waals surface area contributed by atoms with Gasteiger partial charge in [0.05, 0.1) is 24.3 Å². The highest BCUT2D eigenvalue weighted by Gasteiger charge is 2.10. The van der Waals surface area contributed by atoms with Gasteiger partial charge in [0, 0.05) is 11.1 Å². The summed E-state index contributed by atoms with van der Waals surface area (Å²) in [5, 5.41) is 0.866. The number of benzene rings is 3. The van der Waals surface area contributed by atoms with Crippen LogP contribution in [0.25, 0.3) is 6.08 Å². The zero-order valence-corrected chi connectivity index (χ0v) is 18.0. The number of carbonyl (C=O) groups excluding carboxylic acids is 1. The average Bonchev–Trinajstić information content (AvgIpc) is 2.77. The maximum Gasteiger partial charge on any atom is 0.185 e. The van der Waals surface area contributed by atoms with Crippen LogP contribution in [0.15, 0.2) is 66.7 Å². The zero-order chi connectivity index (χ0) is 21.5. The van der Waals surface area contributed by atoms with Crippen molar-refractivity contribution in [2.75, 3.05) is 14.2 Å². The van der Waals surface area contributed by atoms with Crippen LogP contribution >= 0.6 is 23.2 Å². The van der Waals surface area contributed by atoms with E-state index in [4.69, 9.17) is 37.4 Å². The minimum absolute atomic E-state index is 0.103. The van der Waals surface area contributed by atoms with Gasteiger partial charge in [-0.15, -0.1) is 0 Å². The van der Waals surface area contributed by atoms with Crippen LogP contribution < -0.4 is 14.2 Å². The summed E-state index contributed by atoms with van der Waals surface area (Å²) in [6.45, 7) is 0.209. The Balaban J connectivity index is 1.76. The second-order valence-electron chi connectivity index (χ2n) is 6.34.